The first kappa shape index (κ1) is 18.6. The molecule has 4 nitrogen and oxygen atoms in total. The Morgan fingerprint density at radius 3 is 2.75 bits per heavy atom. The number of methoxy groups -OCH3 is 1. The number of aromatic nitrogens is 2. The monoisotopic (exact) mass is 373 g/mol. The van der Waals surface area contributed by atoms with Crippen molar-refractivity contribution in [3.05, 3.63) is 89.5 Å². The van der Waals surface area contributed by atoms with Crippen LogP contribution < -0.4 is 4.74 Å². The average Bonchev–Trinajstić information content (AvgIpc) is 2.75. The summed E-state index contributed by atoms with van der Waals surface area (Å²) in [6, 6.07) is 18.9. The molecule has 1 aromatic carbocycles. The number of likely N-dealkylation sites (tertiary alicyclic amines) is 1. The molecule has 2 aromatic heterocycles. The van der Waals surface area contributed by atoms with E-state index in [1.54, 1.807) is 7.11 Å². The van der Waals surface area contributed by atoms with Gasteiger partial charge < -0.3 is 4.74 Å². The number of rotatable bonds is 6. The Bertz CT molecular complexity index is 897. The normalized spacial score (nSPS) is 17.4. The lowest BCUT2D eigenvalue weighted by molar-refractivity contribution is 0.198. The van der Waals surface area contributed by atoms with Gasteiger partial charge in [0, 0.05) is 49.2 Å². The van der Waals surface area contributed by atoms with Crippen LogP contribution in [0.3, 0.4) is 0 Å². The third-order valence-corrected chi connectivity index (χ3v) is 5.43. The van der Waals surface area contributed by atoms with Gasteiger partial charge in [-0.2, -0.15) is 0 Å². The molecule has 0 aliphatic carbocycles. The van der Waals surface area contributed by atoms with E-state index in [0.717, 1.165) is 37.5 Å². The quantitative estimate of drug-likeness (QED) is 0.640. The smallest absolute Gasteiger partial charge is 0.119 e. The topological polar surface area (TPSA) is 38.2 Å². The average molecular weight is 374 g/mol. The SMILES string of the molecule is COc1cccc(Cc2cccc(C3CCCN(Cc4ccncc4)C3)n2)c1. The predicted molar refractivity (Wildman–Crippen MR) is 112 cm³/mol. The summed E-state index contributed by atoms with van der Waals surface area (Å²) < 4.78 is 5.34. The Morgan fingerprint density at radius 1 is 1.04 bits per heavy atom. The van der Waals surface area contributed by atoms with Crippen molar-refractivity contribution in [1.82, 2.24) is 14.9 Å². The molecule has 4 rings (SSSR count). The Labute approximate surface area is 167 Å². The van der Waals surface area contributed by atoms with Crippen LogP contribution in [0.2, 0.25) is 0 Å². The summed E-state index contributed by atoms with van der Waals surface area (Å²) in [6.45, 7) is 3.21. The van der Waals surface area contributed by atoms with Gasteiger partial charge in [0.25, 0.3) is 0 Å². The number of hydrogen-bond donors (Lipinski definition) is 0. The van der Waals surface area contributed by atoms with Crippen molar-refractivity contribution in [3.63, 3.8) is 0 Å². The van der Waals surface area contributed by atoms with Crippen molar-refractivity contribution < 1.29 is 4.74 Å². The minimum atomic E-state index is 0.501. The van der Waals surface area contributed by atoms with Gasteiger partial charge in [-0.1, -0.05) is 18.2 Å². The summed E-state index contributed by atoms with van der Waals surface area (Å²) in [7, 11) is 1.71. The molecule has 0 bridgehead atoms. The first-order valence-electron chi connectivity index (χ1n) is 10.00. The highest BCUT2D eigenvalue weighted by molar-refractivity contribution is 5.31. The van der Waals surface area contributed by atoms with Crippen LogP contribution in [-0.2, 0) is 13.0 Å². The maximum absolute atomic E-state index is 5.34. The van der Waals surface area contributed by atoms with Gasteiger partial charge in [-0.25, -0.2) is 0 Å². The van der Waals surface area contributed by atoms with Crippen molar-refractivity contribution in [1.29, 1.82) is 0 Å². The van der Waals surface area contributed by atoms with Gasteiger partial charge in [0.15, 0.2) is 0 Å². The molecule has 144 valence electrons. The number of ether oxygens (including phenoxy) is 1. The Morgan fingerprint density at radius 2 is 1.89 bits per heavy atom. The van der Waals surface area contributed by atoms with Gasteiger partial charge in [0.2, 0.25) is 0 Å². The van der Waals surface area contributed by atoms with Crippen LogP contribution in [0.15, 0.2) is 67.0 Å². The Kier molecular flexibility index (Phi) is 5.98. The van der Waals surface area contributed by atoms with Crippen molar-refractivity contribution in [3.8, 4) is 5.75 Å². The summed E-state index contributed by atoms with van der Waals surface area (Å²) in [5.74, 6) is 1.40. The fraction of sp³-hybridized carbons (Fsp3) is 0.333. The molecular formula is C24H27N3O. The van der Waals surface area contributed by atoms with Crippen molar-refractivity contribution in [2.45, 2.75) is 31.7 Å². The zero-order chi connectivity index (χ0) is 19.2. The van der Waals surface area contributed by atoms with Crippen molar-refractivity contribution in [2.75, 3.05) is 20.2 Å². The molecule has 1 atom stereocenters. The standard InChI is InChI=1S/C24H27N3O/c1-28-23-8-2-5-20(16-23)15-22-7-3-9-24(26-22)21-6-4-14-27(18-21)17-19-10-12-25-13-11-19/h2-3,5,7-13,16,21H,4,6,14-15,17-18H2,1H3. The van der Waals surface area contributed by atoms with Crippen LogP contribution in [0.1, 0.15) is 41.3 Å². The molecule has 4 heteroatoms. The molecule has 0 N–H and O–H groups in total. The summed E-state index contributed by atoms with van der Waals surface area (Å²) in [5.41, 5.74) is 4.90. The van der Waals surface area contributed by atoms with Crippen LogP contribution in [0.5, 0.6) is 5.75 Å². The molecule has 0 radical (unpaired) electrons. The van der Waals surface area contributed by atoms with E-state index in [1.807, 2.05) is 24.5 Å². The predicted octanol–water partition coefficient (Wildman–Crippen LogP) is 4.46. The van der Waals surface area contributed by atoms with Gasteiger partial charge in [-0.05, 0) is 66.9 Å². The lowest BCUT2D eigenvalue weighted by Crippen LogP contribution is -2.34. The highest BCUT2D eigenvalue weighted by Gasteiger charge is 2.22. The summed E-state index contributed by atoms with van der Waals surface area (Å²) in [6.07, 6.45) is 7.01. The maximum atomic E-state index is 5.34. The van der Waals surface area contributed by atoms with Crippen LogP contribution in [0, 0.1) is 0 Å². The largest absolute Gasteiger partial charge is 0.497 e. The summed E-state index contributed by atoms with van der Waals surface area (Å²) in [4.78, 5) is 11.7. The van der Waals surface area contributed by atoms with Crippen LogP contribution in [0.4, 0.5) is 0 Å². The zero-order valence-electron chi connectivity index (χ0n) is 16.4. The van der Waals surface area contributed by atoms with Gasteiger partial charge in [0.1, 0.15) is 5.75 Å². The number of piperidine rings is 1. The molecule has 1 saturated heterocycles. The second-order valence-electron chi connectivity index (χ2n) is 7.51. The third-order valence-electron chi connectivity index (χ3n) is 5.43. The van der Waals surface area contributed by atoms with Crippen LogP contribution in [-0.4, -0.2) is 35.1 Å². The lowest BCUT2D eigenvalue weighted by Gasteiger charge is -2.32. The number of hydrogen-bond acceptors (Lipinski definition) is 4. The number of pyridine rings is 2. The highest BCUT2D eigenvalue weighted by Crippen LogP contribution is 2.27. The third kappa shape index (κ3) is 4.76. The first-order chi connectivity index (χ1) is 13.8. The molecule has 1 unspecified atom stereocenters. The van der Waals surface area contributed by atoms with E-state index in [0.29, 0.717) is 5.92 Å². The van der Waals surface area contributed by atoms with Gasteiger partial charge in [-0.15, -0.1) is 0 Å². The summed E-state index contributed by atoms with van der Waals surface area (Å²) in [5, 5.41) is 0. The minimum Gasteiger partial charge on any atom is -0.497 e. The van der Waals surface area contributed by atoms with Crippen LogP contribution in [0.25, 0.3) is 0 Å². The molecule has 0 amide bonds. The molecule has 0 spiro atoms. The van der Waals surface area contributed by atoms with Gasteiger partial charge in [0.05, 0.1) is 7.11 Å². The maximum Gasteiger partial charge on any atom is 0.119 e. The molecule has 0 saturated carbocycles. The van der Waals surface area contributed by atoms with Gasteiger partial charge in [-0.3, -0.25) is 14.9 Å². The molecule has 3 aromatic rings. The first-order valence-corrected chi connectivity index (χ1v) is 10.00. The van der Waals surface area contributed by atoms with Gasteiger partial charge >= 0.3 is 0 Å². The van der Waals surface area contributed by atoms with E-state index < -0.39 is 0 Å². The number of nitrogens with zero attached hydrogens (tertiary/aromatic N) is 3. The number of benzene rings is 1. The molecule has 28 heavy (non-hydrogen) atoms. The molecule has 1 aliphatic rings. The van der Waals surface area contributed by atoms with E-state index >= 15 is 0 Å². The molecule has 1 fully saturated rings. The lowest BCUT2D eigenvalue weighted by atomic mass is 9.93. The van der Waals surface area contributed by atoms with Crippen LogP contribution >= 0.6 is 0 Å². The van der Waals surface area contributed by atoms with Crippen molar-refractivity contribution >= 4 is 0 Å². The zero-order valence-corrected chi connectivity index (χ0v) is 16.4. The molecule has 1 aliphatic heterocycles. The summed E-state index contributed by atoms with van der Waals surface area (Å²) >= 11 is 0. The van der Waals surface area contributed by atoms with Crippen molar-refractivity contribution in [2.24, 2.45) is 0 Å². The van der Waals surface area contributed by atoms with E-state index in [-0.39, 0.29) is 0 Å². The molecular weight excluding hydrogens is 346 g/mol. The van der Waals surface area contributed by atoms with E-state index in [4.69, 9.17) is 9.72 Å². The fourth-order valence-corrected chi connectivity index (χ4v) is 4.00. The second kappa shape index (κ2) is 8.98. The van der Waals surface area contributed by atoms with E-state index in [2.05, 4.69) is 52.3 Å². The minimum absolute atomic E-state index is 0.501. The van der Waals surface area contributed by atoms with E-state index in [1.165, 1.54) is 29.7 Å². The Balaban J connectivity index is 1.44. The Hall–Kier alpha value is -2.72. The van der Waals surface area contributed by atoms with E-state index in [9.17, 15) is 0 Å². The highest BCUT2D eigenvalue weighted by atomic mass is 16.5. The fourth-order valence-electron chi connectivity index (χ4n) is 4.00. The molecule has 3 heterocycles. The second-order valence-corrected chi connectivity index (χ2v) is 7.51.